The van der Waals surface area contributed by atoms with Crippen molar-refractivity contribution in [2.75, 3.05) is 19.8 Å². The Kier molecular flexibility index (Phi) is 8.59. The molecule has 0 unspecified atom stereocenters. The highest BCUT2D eigenvalue weighted by Gasteiger charge is 2.11. The first kappa shape index (κ1) is 24.1. The van der Waals surface area contributed by atoms with E-state index in [1.807, 2.05) is 24.3 Å². The molecule has 0 saturated heterocycles. The van der Waals surface area contributed by atoms with Crippen LogP contribution in [0.2, 0.25) is 0 Å². The quantitative estimate of drug-likeness (QED) is 0.241. The number of benzene rings is 2. The Morgan fingerprint density at radius 1 is 1.17 bits per heavy atom. The van der Waals surface area contributed by atoms with Crippen LogP contribution in [-0.2, 0) is 28.6 Å². The highest BCUT2D eigenvalue weighted by atomic mass is 127. The van der Waals surface area contributed by atoms with Gasteiger partial charge in [0.1, 0.15) is 11.6 Å². The average molecular weight is 545 g/mol. The maximum atomic E-state index is 13.6. The van der Waals surface area contributed by atoms with Gasteiger partial charge in [0.15, 0.2) is 15.8 Å². The number of rotatable bonds is 7. The van der Waals surface area contributed by atoms with Crippen LogP contribution in [0, 0.1) is 5.82 Å². The van der Waals surface area contributed by atoms with Crippen LogP contribution >= 0.6 is 24.0 Å². The highest BCUT2D eigenvalue weighted by molar-refractivity contribution is 14.0. The van der Waals surface area contributed by atoms with Gasteiger partial charge in [-0.2, -0.15) is 0 Å². The summed E-state index contributed by atoms with van der Waals surface area (Å²) in [7, 11) is -1.58. The van der Waals surface area contributed by atoms with Crippen molar-refractivity contribution >= 4 is 50.8 Å². The zero-order valence-electron chi connectivity index (χ0n) is 16.8. The second-order valence-corrected chi connectivity index (χ2v) is 8.93. The van der Waals surface area contributed by atoms with Gasteiger partial charge in [0.05, 0.1) is 16.8 Å². The SMILES string of the molecule is CN=C(NCCc1nc2ccccc2[nH]1)NCc1cc(F)ccc1CS(C)(=O)=O.I. The molecule has 10 heteroatoms. The number of H-pyrrole nitrogens is 1. The highest BCUT2D eigenvalue weighted by Crippen LogP contribution is 2.14. The number of hydrogen-bond donors (Lipinski definition) is 3. The Morgan fingerprint density at radius 3 is 2.63 bits per heavy atom. The van der Waals surface area contributed by atoms with Crippen molar-refractivity contribution in [3.05, 3.63) is 65.2 Å². The Bertz CT molecular complexity index is 1100. The number of sulfone groups is 1. The molecule has 1 aromatic heterocycles. The van der Waals surface area contributed by atoms with Crippen LogP contribution in [0.3, 0.4) is 0 Å². The standard InChI is InChI=1S/C20H24FN5O2S.HI/c1-22-20(23-10-9-19-25-17-5-3-4-6-18(17)26-19)24-12-15-11-16(21)8-7-14(15)13-29(2,27)28;/h3-8,11H,9-10,12-13H2,1-2H3,(H,25,26)(H2,22,23,24);1H. The van der Waals surface area contributed by atoms with Crippen molar-refractivity contribution in [1.82, 2.24) is 20.6 Å². The number of hydrogen-bond acceptors (Lipinski definition) is 4. The minimum Gasteiger partial charge on any atom is -0.356 e. The number of halogens is 2. The van der Waals surface area contributed by atoms with Crippen LogP contribution < -0.4 is 10.6 Å². The van der Waals surface area contributed by atoms with Gasteiger partial charge in [-0.1, -0.05) is 18.2 Å². The Morgan fingerprint density at radius 2 is 1.93 bits per heavy atom. The summed E-state index contributed by atoms with van der Waals surface area (Å²) in [6.07, 6.45) is 1.83. The molecule has 0 aliphatic carbocycles. The zero-order valence-corrected chi connectivity index (χ0v) is 19.9. The van der Waals surface area contributed by atoms with Crippen LogP contribution in [0.1, 0.15) is 17.0 Å². The van der Waals surface area contributed by atoms with E-state index >= 15 is 0 Å². The van der Waals surface area contributed by atoms with Crippen molar-refractivity contribution in [2.24, 2.45) is 4.99 Å². The van der Waals surface area contributed by atoms with E-state index in [4.69, 9.17) is 0 Å². The van der Waals surface area contributed by atoms with Gasteiger partial charge in [0, 0.05) is 32.8 Å². The van der Waals surface area contributed by atoms with Gasteiger partial charge >= 0.3 is 0 Å². The fourth-order valence-electron chi connectivity index (χ4n) is 3.01. The molecule has 7 nitrogen and oxygen atoms in total. The van der Waals surface area contributed by atoms with E-state index in [1.54, 1.807) is 7.05 Å². The van der Waals surface area contributed by atoms with Gasteiger partial charge in [-0.25, -0.2) is 17.8 Å². The van der Waals surface area contributed by atoms with Gasteiger partial charge in [0.2, 0.25) is 0 Å². The second-order valence-electron chi connectivity index (χ2n) is 6.79. The third-order valence-corrected chi connectivity index (χ3v) is 5.18. The van der Waals surface area contributed by atoms with Gasteiger partial charge in [-0.05, 0) is 35.4 Å². The van der Waals surface area contributed by atoms with Crippen molar-refractivity contribution in [3.63, 3.8) is 0 Å². The number of guanidine groups is 1. The molecule has 0 aliphatic rings. The number of nitrogens with zero attached hydrogens (tertiary/aromatic N) is 2. The summed E-state index contributed by atoms with van der Waals surface area (Å²) in [5.74, 6) is 0.861. The Hall–Kier alpha value is -2.21. The molecule has 0 aliphatic heterocycles. The number of aromatic nitrogens is 2. The molecule has 0 fully saturated rings. The lowest BCUT2D eigenvalue weighted by molar-refractivity contribution is 0.599. The van der Waals surface area contributed by atoms with E-state index in [0.29, 0.717) is 30.1 Å². The summed E-state index contributed by atoms with van der Waals surface area (Å²) < 4.78 is 36.9. The van der Waals surface area contributed by atoms with E-state index in [-0.39, 0.29) is 36.3 Å². The van der Waals surface area contributed by atoms with Crippen LogP contribution in [-0.4, -0.2) is 44.2 Å². The summed E-state index contributed by atoms with van der Waals surface area (Å²) >= 11 is 0. The number of aromatic amines is 1. The molecule has 162 valence electrons. The molecule has 0 radical (unpaired) electrons. The van der Waals surface area contributed by atoms with Gasteiger partial charge < -0.3 is 15.6 Å². The molecule has 0 bridgehead atoms. The van der Waals surface area contributed by atoms with E-state index in [0.717, 1.165) is 23.1 Å². The van der Waals surface area contributed by atoms with Gasteiger partial charge in [-0.3, -0.25) is 4.99 Å². The first-order valence-corrected chi connectivity index (χ1v) is 11.2. The summed E-state index contributed by atoms with van der Waals surface area (Å²) in [5, 5.41) is 6.28. The van der Waals surface area contributed by atoms with E-state index < -0.39 is 15.7 Å². The summed E-state index contributed by atoms with van der Waals surface area (Å²) in [6.45, 7) is 0.853. The largest absolute Gasteiger partial charge is 0.356 e. The van der Waals surface area contributed by atoms with Crippen LogP contribution in [0.5, 0.6) is 0 Å². The predicted molar refractivity (Wildman–Crippen MR) is 128 cm³/mol. The fraction of sp³-hybridized carbons (Fsp3) is 0.300. The smallest absolute Gasteiger partial charge is 0.191 e. The third kappa shape index (κ3) is 6.94. The van der Waals surface area contributed by atoms with E-state index in [1.165, 1.54) is 18.2 Å². The molecule has 3 aromatic rings. The molecule has 0 spiro atoms. The monoisotopic (exact) mass is 545 g/mol. The van der Waals surface area contributed by atoms with E-state index in [9.17, 15) is 12.8 Å². The maximum Gasteiger partial charge on any atom is 0.191 e. The molecular weight excluding hydrogens is 520 g/mol. The molecule has 3 rings (SSSR count). The lowest BCUT2D eigenvalue weighted by Gasteiger charge is -2.14. The molecule has 30 heavy (non-hydrogen) atoms. The van der Waals surface area contributed by atoms with Gasteiger partial charge in [-0.15, -0.1) is 24.0 Å². The van der Waals surface area contributed by atoms with Gasteiger partial charge in [0.25, 0.3) is 0 Å². The number of para-hydroxylation sites is 2. The third-order valence-electron chi connectivity index (χ3n) is 4.35. The normalized spacial score (nSPS) is 11.9. The van der Waals surface area contributed by atoms with Crippen LogP contribution in [0.4, 0.5) is 4.39 Å². The van der Waals surface area contributed by atoms with Crippen molar-refractivity contribution in [3.8, 4) is 0 Å². The average Bonchev–Trinajstić information content (AvgIpc) is 3.08. The number of imidazole rings is 1. The lowest BCUT2D eigenvalue weighted by atomic mass is 10.1. The molecule has 0 amide bonds. The number of fused-ring (bicyclic) bond motifs is 1. The first-order chi connectivity index (χ1) is 13.8. The summed E-state index contributed by atoms with van der Waals surface area (Å²) in [5.41, 5.74) is 3.07. The number of nitrogens with one attached hydrogen (secondary N) is 3. The molecule has 2 aromatic carbocycles. The van der Waals surface area contributed by atoms with Crippen molar-refractivity contribution in [2.45, 2.75) is 18.7 Å². The van der Waals surface area contributed by atoms with Crippen LogP contribution in [0.15, 0.2) is 47.5 Å². The zero-order chi connectivity index (χ0) is 20.9. The van der Waals surface area contributed by atoms with E-state index in [2.05, 4.69) is 25.6 Å². The first-order valence-electron chi connectivity index (χ1n) is 9.17. The molecule has 1 heterocycles. The van der Waals surface area contributed by atoms with Crippen molar-refractivity contribution in [1.29, 1.82) is 0 Å². The molecule has 3 N–H and O–H groups in total. The maximum absolute atomic E-state index is 13.6. The topological polar surface area (TPSA) is 99.2 Å². The Labute approximate surface area is 192 Å². The molecule has 0 atom stereocenters. The minimum absolute atomic E-state index is 0. The van der Waals surface area contributed by atoms with Crippen molar-refractivity contribution < 1.29 is 12.8 Å². The fourth-order valence-corrected chi connectivity index (χ4v) is 3.85. The second kappa shape index (κ2) is 10.7. The minimum atomic E-state index is -3.22. The molecule has 0 saturated carbocycles. The molecular formula is C20H25FIN5O2S. The summed E-state index contributed by atoms with van der Waals surface area (Å²) in [4.78, 5) is 12.0. The Balaban J connectivity index is 0.00000320. The van der Waals surface area contributed by atoms with Crippen LogP contribution in [0.25, 0.3) is 11.0 Å². The lowest BCUT2D eigenvalue weighted by Crippen LogP contribution is -2.38. The summed E-state index contributed by atoms with van der Waals surface area (Å²) in [6, 6.07) is 12.0. The number of aliphatic imine (C=N–C) groups is 1. The predicted octanol–water partition coefficient (Wildman–Crippen LogP) is 2.77.